The molecule has 102 valence electrons. The molecule has 0 spiro atoms. The number of nitrogens with two attached hydrogens (primary N) is 1. The molecule has 5 heteroatoms. The molecule has 0 saturated carbocycles. The summed E-state index contributed by atoms with van der Waals surface area (Å²) >= 11 is 1.57. The molecular formula is C12H26N2O2S. The molecule has 0 aliphatic carbocycles. The van der Waals surface area contributed by atoms with Crippen molar-refractivity contribution in [3.63, 3.8) is 0 Å². The number of hydrogen-bond acceptors (Lipinski definition) is 4. The highest BCUT2D eigenvalue weighted by molar-refractivity contribution is 8.00. The summed E-state index contributed by atoms with van der Waals surface area (Å²) in [6.45, 7) is 9.30. The molecule has 0 rings (SSSR count). The van der Waals surface area contributed by atoms with Gasteiger partial charge in [-0.15, -0.1) is 0 Å². The van der Waals surface area contributed by atoms with Crippen LogP contribution < -0.4 is 11.1 Å². The van der Waals surface area contributed by atoms with E-state index in [0.29, 0.717) is 18.9 Å². The number of nitrogens with one attached hydrogen (secondary N) is 1. The maximum absolute atomic E-state index is 11.4. The Labute approximate surface area is 109 Å². The third-order valence-electron chi connectivity index (χ3n) is 1.80. The van der Waals surface area contributed by atoms with Crippen molar-refractivity contribution in [3.05, 3.63) is 0 Å². The molecule has 0 aromatic heterocycles. The summed E-state index contributed by atoms with van der Waals surface area (Å²) in [4.78, 5) is 11.4. The molecule has 0 aliphatic heterocycles. The van der Waals surface area contributed by atoms with E-state index in [1.54, 1.807) is 11.8 Å². The molecule has 0 unspecified atom stereocenters. The molecule has 0 radical (unpaired) electrons. The van der Waals surface area contributed by atoms with Crippen molar-refractivity contribution in [1.29, 1.82) is 0 Å². The Morgan fingerprint density at radius 2 is 2.12 bits per heavy atom. The molecule has 0 bridgehead atoms. The molecular weight excluding hydrogens is 236 g/mol. The van der Waals surface area contributed by atoms with Gasteiger partial charge in [0.1, 0.15) is 0 Å². The third kappa shape index (κ3) is 13.7. The molecule has 0 saturated heterocycles. The van der Waals surface area contributed by atoms with Gasteiger partial charge < -0.3 is 15.8 Å². The topological polar surface area (TPSA) is 64.3 Å². The van der Waals surface area contributed by atoms with Gasteiger partial charge >= 0.3 is 0 Å². The largest absolute Gasteiger partial charge is 0.379 e. The van der Waals surface area contributed by atoms with Gasteiger partial charge in [-0.25, -0.2) is 0 Å². The van der Waals surface area contributed by atoms with Gasteiger partial charge in [-0.2, -0.15) is 11.8 Å². The zero-order valence-corrected chi connectivity index (χ0v) is 12.2. The first-order valence-electron chi connectivity index (χ1n) is 6.06. The van der Waals surface area contributed by atoms with Crippen LogP contribution in [-0.2, 0) is 9.53 Å². The van der Waals surface area contributed by atoms with Gasteiger partial charge in [0.25, 0.3) is 0 Å². The van der Waals surface area contributed by atoms with E-state index in [1.165, 1.54) is 0 Å². The van der Waals surface area contributed by atoms with Crippen LogP contribution in [0.1, 0.15) is 34.1 Å². The fourth-order valence-corrected chi connectivity index (χ4v) is 1.99. The van der Waals surface area contributed by atoms with Gasteiger partial charge in [0.05, 0.1) is 11.9 Å². The van der Waals surface area contributed by atoms with Gasteiger partial charge in [-0.3, -0.25) is 4.79 Å². The highest BCUT2D eigenvalue weighted by Crippen LogP contribution is 2.08. The van der Waals surface area contributed by atoms with Crippen molar-refractivity contribution in [3.8, 4) is 0 Å². The lowest BCUT2D eigenvalue weighted by Crippen LogP contribution is -2.35. The monoisotopic (exact) mass is 262 g/mol. The van der Waals surface area contributed by atoms with Crippen LogP contribution in [0.3, 0.4) is 0 Å². The van der Waals surface area contributed by atoms with Gasteiger partial charge in [0.15, 0.2) is 0 Å². The Morgan fingerprint density at radius 3 is 2.65 bits per heavy atom. The second-order valence-corrected chi connectivity index (χ2v) is 6.09. The van der Waals surface area contributed by atoms with E-state index >= 15 is 0 Å². The maximum atomic E-state index is 11.4. The van der Waals surface area contributed by atoms with Crippen LogP contribution in [0.2, 0.25) is 0 Å². The lowest BCUT2D eigenvalue weighted by Gasteiger charge is -2.17. The van der Waals surface area contributed by atoms with Crippen molar-refractivity contribution in [2.75, 3.05) is 24.7 Å². The second kappa shape index (κ2) is 8.78. The standard InChI is InChI=1S/C12H26N2O2S/c1-10(2)16-7-5-6-14-11(15)8-17-9-12(3,4)13/h10H,5-9,13H2,1-4H3,(H,14,15). The van der Waals surface area contributed by atoms with Gasteiger partial charge in [0, 0.05) is 24.4 Å². The van der Waals surface area contributed by atoms with Crippen LogP contribution in [0.15, 0.2) is 0 Å². The Bertz CT molecular complexity index is 215. The van der Waals surface area contributed by atoms with Crippen molar-refractivity contribution < 1.29 is 9.53 Å². The molecule has 17 heavy (non-hydrogen) atoms. The summed E-state index contributed by atoms with van der Waals surface area (Å²) < 4.78 is 5.38. The fraction of sp³-hybridized carbons (Fsp3) is 0.917. The third-order valence-corrected chi connectivity index (χ3v) is 3.22. The maximum Gasteiger partial charge on any atom is 0.229 e. The zero-order chi connectivity index (χ0) is 13.3. The van der Waals surface area contributed by atoms with Gasteiger partial charge in [0.2, 0.25) is 5.91 Å². The summed E-state index contributed by atoms with van der Waals surface area (Å²) in [6.07, 6.45) is 1.12. The average molecular weight is 262 g/mol. The van der Waals surface area contributed by atoms with Crippen LogP contribution in [0.5, 0.6) is 0 Å². The number of thioether (sulfide) groups is 1. The summed E-state index contributed by atoms with van der Waals surface area (Å²) in [7, 11) is 0. The first-order chi connectivity index (χ1) is 7.81. The van der Waals surface area contributed by atoms with Crippen LogP contribution in [0, 0.1) is 0 Å². The normalized spacial score (nSPS) is 11.9. The summed E-state index contributed by atoms with van der Waals surface area (Å²) in [5, 5.41) is 2.86. The molecule has 0 aromatic carbocycles. The van der Waals surface area contributed by atoms with E-state index in [4.69, 9.17) is 10.5 Å². The minimum absolute atomic E-state index is 0.0730. The molecule has 0 aromatic rings. The van der Waals surface area contributed by atoms with Crippen molar-refractivity contribution >= 4 is 17.7 Å². The van der Waals surface area contributed by atoms with Crippen LogP contribution >= 0.6 is 11.8 Å². The summed E-state index contributed by atoms with van der Waals surface area (Å²) in [5.41, 5.74) is 5.61. The number of carbonyl (C=O) groups excluding carboxylic acids is 1. The average Bonchev–Trinajstić information content (AvgIpc) is 2.14. The summed E-state index contributed by atoms with van der Waals surface area (Å²) in [5.74, 6) is 1.34. The summed E-state index contributed by atoms with van der Waals surface area (Å²) in [6, 6.07) is 0. The molecule has 1 amide bonds. The highest BCUT2D eigenvalue weighted by atomic mass is 32.2. The second-order valence-electron chi connectivity index (χ2n) is 5.10. The number of ether oxygens (including phenoxy) is 1. The Kier molecular flexibility index (Phi) is 8.64. The molecule has 3 N–H and O–H groups in total. The van der Waals surface area contributed by atoms with E-state index < -0.39 is 0 Å². The molecule has 0 atom stereocenters. The van der Waals surface area contributed by atoms with Crippen LogP contribution in [0.25, 0.3) is 0 Å². The Morgan fingerprint density at radius 1 is 1.47 bits per heavy atom. The predicted octanol–water partition coefficient (Wildman–Crippen LogP) is 1.39. The molecule has 0 fully saturated rings. The quantitative estimate of drug-likeness (QED) is 0.616. The predicted molar refractivity (Wildman–Crippen MR) is 74.3 cm³/mol. The SMILES string of the molecule is CC(C)OCCCNC(=O)CSCC(C)(C)N. The van der Waals surface area contributed by atoms with Gasteiger partial charge in [-0.1, -0.05) is 0 Å². The Hall–Kier alpha value is -0.260. The molecule has 0 aliphatic rings. The lowest BCUT2D eigenvalue weighted by atomic mass is 10.1. The lowest BCUT2D eigenvalue weighted by molar-refractivity contribution is -0.118. The molecule has 4 nitrogen and oxygen atoms in total. The minimum Gasteiger partial charge on any atom is -0.379 e. The van der Waals surface area contributed by atoms with E-state index in [9.17, 15) is 4.79 Å². The number of rotatable bonds is 9. The van der Waals surface area contributed by atoms with Crippen molar-refractivity contribution in [2.45, 2.75) is 45.8 Å². The molecule has 0 heterocycles. The Balaban J connectivity index is 3.35. The first kappa shape index (κ1) is 16.7. The number of carbonyl (C=O) groups is 1. The van der Waals surface area contributed by atoms with Gasteiger partial charge in [-0.05, 0) is 34.1 Å². The zero-order valence-electron chi connectivity index (χ0n) is 11.4. The first-order valence-corrected chi connectivity index (χ1v) is 7.21. The van der Waals surface area contributed by atoms with Crippen LogP contribution in [0.4, 0.5) is 0 Å². The number of hydrogen-bond donors (Lipinski definition) is 2. The smallest absolute Gasteiger partial charge is 0.229 e. The fourth-order valence-electron chi connectivity index (χ4n) is 1.08. The van der Waals surface area contributed by atoms with E-state index in [2.05, 4.69) is 5.32 Å². The van der Waals surface area contributed by atoms with E-state index in [0.717, 1.165) is 12.2 Å². The highest BCUT2D eigenvalue weighted by Gasteiger charge is 2.11. The van der Waals surface area contributed by atoms with E-state index in [-0.39, 0.29) is 17.6 Å². The van der Waals surface area contributed by atoms with Crippen molar-refractivity contribution in [1.82, 2.24) is 5.32 Å². The minimum atomic E-state index is -0.212. The van der Waals surface area contributed by atoms with E-state index in [1.807, 2.05) is 27.7 Å². The van der Waals surface area contributed by atoms with Crippen molar-refractivity contribution in [2.24, 2.45) is 5.73 Å². The number of amides is 1. The van der Waals surface area contributed by atoms with Crippen LogP contribution in [-0.4, -0.2) is 42.2 Å².